The third kappa shape index (κ3) is 6.63. The number of benzene rings is 3. The molecule has 1 aliphatic rings. The van der Waals surface area contributed by atoms with E-state index in [9.17, 15) is 9.59 Å². The largest absolute Gasteiger partial charge is 0.458 e. The van der Waals surface area contributed by atoms with E-state index in [1.807, 2.05) is 36.4 Å². The smallest absolute Gasteiger partial charge is 0.338 e. The van der Waals surface area contributed by atoms with Gasteiger partial charge < -0.3 is 14.9 Å². The van der Waals surface area contributed by atoms with Crippen molar-refractivity contribution in [3.63, 3.8) is 0 Å². The number of esters is 1. The summed E-state index contributed by atoms with van der Waals surface area (Å²) in [5, 5.41) is 7.22. The average Bonchev–Trinajstić information content (AvgIpc) is 2.93. The van der Waals surface area contributed by atoms with Gasteiger partial charge in [0.25, 0.3) is 5.91 Å². The third-order valence-corrected chi connectivity index (χ3v) is 7.28. The third-order valence-electron chi connectivity index (χ3n) is 7.28. The second-order valence-electron chi connectivity index (χ2n) is 11.1. The molecule has 0 bridgehead atoms. The first-order valence-corrected chi connectivity index (χ1v) is 13.2. The van der Waals surface area contributed by atoms with Crippen molar-refractivity contribution in [1.29, 1.82) is 0 Å². The summed E-state index contributed by atoms with van der Waals surface area (Å²) in [5.41, 5.74) is 5.29. The van der Waals surface area contributed by atoms with E-state index in [-0.39, 0.29) is 29.8 Å². The van der Waals surface area contributed by atoms with Crippen molar-refractivity contribution in [3.05, 3.63) is 113 Å². The van der Waals surface area contributed by atoms with Gasteiger partial charge in [0.15, 0.2) is 5.71 Å². The standard InChI is InChI=1S/C33H36N2O4/c1-6-20-38-31(37)24-12-15-26(16-13-24)34-30(36)29(35-39-22-23-10-8-7-9-11-23)25-14-17-27-28(21-25)33(4,5)19-18-32(27,2)3/h6-17,21H,1,18-20,22H2,2-5H3,(H,34,36). The van der Waals surface area contributed by atoms with Gasteiger partial charge in [0.1, 0.15) is 13.2 Å². The first kappa shape index (κ1) is 27.8. The molecule has 0 radical (unpaired) electrons. The van der Waals surface area contributed by atoms with E-state index in [0.717, 1.165) is 18.4 Å². The molecule has 202 valence electrons. The number of hydrogen-bond donors (Lipinski definition) is 1. The van der Waals surface area contributed by atoms with Crippen molar-refractivity contribution in [2.75, 3.05) is 11.9 Å². The molecular formula is C33H36N2O4. The van der Waals surface area contributed by atoms with Crippen LogP contribution in [0.1, 0.15) is 73.1 Å². The SMILES string of the molecule is C=CCOC(=O)c1ccc(NC(=O)C(=NOCc2ccccc2)c2ccc3c(c2)C(C)(C)CCC3(C)C)cc1. The molecule has 4 rings (SSSR count). The minimum absolute atomic E-state index is 0.0244. The number of carbonyl (C=O) groups is 2. The normalized spacial score (nSPS) is 15.5. The van der Waals surface area contributed by atoms with Crippen LogP contribution in [0.15, 0.2) is 90.6 Å². The molecule has 0 saturated heterocycles. The summed E-state index contributed by atoms with van der Waals surface area (Å²) in [4.78, 5) is 31.3. The summed E-state index contributed by atoms with van der Waals surface area (Å²) in [6.45, 7) is 12.9. The van der Waals surface area contributed by atoms with Crippen molar-refractivity contribution in [1.82, 2.24) is 0 Å². The van der Waals surface area contributed by atoms with Gasteiger partial charge in [-0.05, 0) is 70.7 Å². The van der Waals surface area contributed by atoms with Crippen molar-refractivity contribution in [3.8, 4) is 0 Å². The number of amides is 1. The van der Waals surface area contributed by atoms with E-state index in [4.69, 9.17) is 9.57 Å². The van der Waals surface area contributed by atoms with Gasteiger partial charge in [-0.15, -0.1) is 0 Å². The lowest BCUT2D eigenvalue weighted by atomic mass is 9.63. The van der Waals surface area contributed by atoms with Gasteiger partial charge in [-0.2, -0.15) is 0 Å². The fourth-order valence-corrected chi connectivity index (χ4v) is 4.80. The Morgan fingerprint density at radius 1 is 0.897 bits per heavy atom. The zero-order chi connectivity index (χ0) is 28.0. The molecule has 0 spiro atoms. The monoisotopic (exact) mass is 524 g/mol. The van der Waals surface area contributed by atoms with E-state index in [2.05, 4.69) is 56.9 Å². The zero-order valence-corrected chi connectivity index (χ0v) is 23.1. The molecule has 3 aromatic rings. The second-order valence-corrected chi connectivity index (χ2v) is 11.1. The first-order valence-electron chi connectivity index (χ1n) is 13.2. The maximum atomic E-state index is 13.5. The van der Waals surface area contributed by atoms with Gasteiger partial charge >= 0.3 is 5.97 Å². The molecule has 0 fully saturated rings. The van der Waals surface area contributed by atoms with Gasteiger partial charge in [-0.25, -0.2) is 4.79 Å². The van der Waals surface area contributed by atoms with Crippen LogP contribution in [-0.4, -0.2) is 24.2 Å². The Kier molecular flexibility index (Phi) is 8.34. The van der Waals surface area contributed by atoms with Crippen LogP contribution in [0, 0.1) is 0 Å². The van der Waals surface area contributed by atoms with Crippen LogP contribution in [-0.2, 0) is 31.8 Å². The molecule has 0 unspecified atom stereocenters. The number of fused-ring (bicyclic) bond motifs is 1. The van der Waals surface area contributed by atoms with Crippen LogP contribution in [0.5, 0.6) is 0 Å². The number of nitrogens with one attached hydrogen (secondary N) is 1. The van der Waals surface area contributed by atoms with E-state index >= 15 is 0 Å². The predicted octanol–water partition coefficient (Wildman–Crippen LogP) is 6.94. The number of oxime groups is 1. The highest BCUT2D eigenvalue weighted by molar-refractivity contribution is 6.48. The minimum atomic E-state index is -0.455. The molecule has 0 aromatic heterocycles. The predicted molar refractivity (Wildman–Crippen MR) is 155 cm³/mol. The van der Waals surface area contributed by atoms with Gasteiger partial charge in [0, 0.05) is 11.3 Å². The van der Waals surface area contributed by atoms with E-state index in [1.54, 1.807) is 24.3 Å². The molecule has 0 heterocycles. The van der Waals surface area contributed by atoms with Crippen molar-refractivity contribution in [2.45, 2.75) is 58.0 Å². The molecule has 1 amide bonds. The average molecular weight is 525 g/mol. The van der Waals surface area contributed by atoms with Crippen molar-refractivity contribution >= 4 is 23.3 Å². The fourth-order valence-electron chi connectivity index (χ4n) is 4.80. The summed E-state index contributed by atoms with van der Waals surface area (Å²) in [6, 6.07) is 22.4. The van der Waals surface area contributed by atoms with Crippen LogP contribution in [0.2, 0.25) is 0 Å². The summed E-state index contributed by atoms with van der Waals surface area (Å²) in [7, 11) is 0. The summed E-state index contributed by atoms with van der Waals surface area (Å²) < 4.78 is 5.07. The summed E-state index contributed by atoms with van der Waals surface area (Å²) in [5.74, 6) is -0.859. The van der Waals surface area contributed by atoms with Crippen molar-refractivity contribution < 1.29 is 19.2 Å². The van der Waals surface area contributed by atoms with E-state index in [0.29, 0.717) is 16.8 Å². The molecule has 1 N–H and O–H groups in total. The fraction of sp³-hybridized carbons (Fsp3) is 0.303. The number of nitrogens with zero attached hydrogens (tertiary/aromatic N) is 1. The van der Waals surface area contributed by atoms with E-state index < -0.39 is 11.9 Å². The molecule has 0 saturated carbocycles. The Bertz CT molecular complexity index is 1370. The van der Waals surface area contributed by atoms with Gasteiger partial charge in [-0.3, -0.25) is 4.79 Å². The number of ether oxygens (including phenoxy) is 1. The Morgan fingerprint density at radius 2 is 1.54 bits per heavy atom. The number of hydrogen-bond acceptors (Lipinski definition) is 5. The number of anilines is 1. The lowest BCUT2D eigenvalue weighted by Gasteiger charge is -2.42. The zero-order valence-electron chi connectivity index (χ0n) is 23.1. The number of carbonyl (C=O) groups excluding carboxylic acids is 2. The summed E-state index contributed by atoms with van der Waals surface area (Å²) >= 11 is 0. The van der Waals surface area contributed by atoms with Crippen LogP contribution in [0.25, 0.3) is 0 Å². The molecule has 39 heavy (non-hydrogen) atoms. The van der Waals surface area contributed by atoms with Crippen LogP contribution in [0.4, 0.5) is 5.69 Å². The quantitative estimate of drug-likeness (QED) is 0.142. The Morgan fingerprint density at radius 3 is 2.21 bits per heavy atom. The van der Waals surface area contributed by atoms with Crippen molar-refractivity contribution in [2.24, 2.45) is 5.16 Å². The topological polar surface area (TPSA) is 77.0 Å². The highest BCUT2D eigenvalue weighted by atomic mass is 16.6. The first-order chi connectivity index (χ1) is 18.6. The molecule has 1 aliphatic carbocycles. The van der Waals surface area contributed by atoms with Gasteiger partial charge in [0.05, 0.1) is 5.56 Å². The van der Waals surface area contributed by atoms with Crippen LogP contribution < -0.4 is 5.32 Å². The molecule has 3 aromatic carbocycles. The molecule has 0 aliphatic heterocycles. The molecular weight excluding hydrogens is 488 g/mol. The van der Waals surface area contributed by atoms with E-state index in [1.165, 1.54) is 17.2 Å². The Balaban J connectivity index is 1.63. The molecule has 6 nitrogen and oxygen atoms in total. The Labute approximate surface area is 230 Å². The maximum absolute atomic E-state index is 13.5. The molecule has 6 heteroatoms. The summed E-state index contributed by atoms with van der Waals surface area (Å²) in [6.07, 6.45) is 3.67. The van der Waals surface area contributed by atoms with Gasteiger partial charge in [0.2, 0.25) is 0 Å². The lowest BCUT2D eigenvalue weighted by Crippen LogP contribution is -2.34. The van der Waals surface area contributed by atoms with Gasteiger partial charge in [-0.1, -0.05) is 88.0 Å². The minimum Gasteiger partial charge on any atom is -0.458 e. The van der Waals surface area contributed by atoms with Crippen LogP contribution >= 0.6 is 0 Å². The second kappa shape index (κ2) is 11.7. The highest BCUT2D eigenvalue weighted by Crippen LogP contribution is 2.46. The maximum Gasteiger partial charge on any atom is 0.338 e. The highest BCUT2D eigenvalue weighted by Gasteiger charge is 2.37. The number of rotatable bonds is 9. The lowest BCUT2D eigenvalue weighted by molar-refractivity contribution is -0.110. The Hall–Kier alpha value is -4.19. The molecule has 0 atom stereocenters. The van der Waals surface area contributed by atoms with Crippen LogP contribution in [0.3, 0.4) is 0 Å².